The van der Waals surface area contributed by atoms with Crippen molar-refractivity contribution in [2.45, 2.75) is 52.0 Å². The number of carbonyl (C=O) groups excluding carboxylic acids is 1. The Morgan fingerprint density at radius 2 is 2.10 bits per heavy atom. The molecule has 1 saturated carbocycles. The van der Waals surface area contributed by atoms with E-state index in [1.807, 2.05) is 20.8 Å². The number of carbonyl (C=O) groups is 1. The van der Waals surface area contributed by atoms with Gasteiger partial charge in [-0.2, -0.15) is 4.98 Å². The van der Waals surface area contributed by atoms with Gasteiger partial charge in [-0.05, 0) is 19.3 Å². The first kappa shape index (κ1) is 16.9. The second-order valence-corrected chi connectivity index (χ2v) is 6.28. The van der Waals surface area contributed by atoms with Gasteiger partial charge in [0.2, 0.25) is 11.8 Å². The normalized spacial score (nSPS) is 17.0. The first-order valence-corrected chi connectivity index (χ1v) is 6.71. The van der Waals surface area contributed by atoms with E-state index < -0.39 is 5.54 Å². The van der Waals surface area contributed by atoms with Gasteiger partial charge in [0.15, 0.2) is 5.82 Å². The van der Waals surface area contributed by atoms with Gasteiger partial charge in [-0.15, -0.1) is 12.4 Å². The number of nitrogens with one attached hydrogen (secondary N) is 1. The van der Waals surface area contributed by atoms with Crippen LogP contribution >= 0.6 is 12.4 Å². The van der Waals surface area contributed by atoms with Gasteiger partial charge in [-0.25, -0.2) is 0 Å². The Bertz CT molecular complexity index is 463. The van der Waals surface area contributed by atoms with E-state index in [1.54, 1.807) is 0 Å². The largest absolute Gasteiger partial charge is 0.355 e. The Kier molecular flexibility index (Phi) is 5.15. The maximum atomic E-state index is 11.7. The van der Waals surface area contributed by atoms with E-state index in [9.17, 15) is 4.79 Å². The summed E-state index contributed by atoms with van der Waals surface area (Å²) in [6.07, 6.45) is 3.46. The fourth-order valence-corrected chi connectivity index (χ4v) is 1.89. The van der Waals surface area contributed by atoms with Gasteiger partial charge in [-0.3, -0.25) is 4.79 Å². The van der Waals surface area contributed by atoms with Crippen LogP contribution in [0.15, 0.2) is 4.52 Å². The van der Waals surface area contributed by atoms with Crippen LogP contribution in [-0.4, -0.2) is 22.6 Å². The number of aromatic nitrogens is 2. The summed E-state index contributed by atoms with van der Waals surface area (Å²) >= 11 is 0. The summed E-state index contributed by atoms with van der Waals surface area (Å²) < 4.78 is 5.16. The lowest BCUT2D eigenvalue weighted by Gasteiger charge is -2.34. The second kappa shape index (κ2) is 6.10. The van der Waals surface area contributed by atoms with Crippen LogP contribution in [0.1, 0.15) is 51.7 Å². The number of rotatable bonds is 4. The van der Waals surface area contributed by atoms with Gasteiger partial charge in [0.05, 0.1) is 5.54 Å². The molecule has 3 N–H and O–H groups in total. The zero-order valence-electron chi connectivity index (χ0n) is 12.2. The van der Waals surface area contributed by atoms with Crippen molar-refractivity contribution in [1.82, 2.24) is 15.5 Å². The highest BCUT2D eigenvalue weighted by atomic mass is 35.5. The van der Waals surface area contributed by atoms with E-state index in [1.165, 1.54) is 0 Å². The Hall–Kier alpha value is -1.14. The summed E-state index contributed by atoms with van der Waals surface area (Å²) in [5.41, 5.74) is 5.34. The van der Waals surface area contributed by atoms with Crippen molar-refractivity contribution in [3.8, 4) is 0 Å². The molecule has 0 bridgehead atoms. The lowest BCUT2D eigenvalue weighted by Crippen LogP contribution is -2.44. The Morgan fingerprint density at radius 3 is 2.60 bits per heavy atom. The zero-order valence-corrected chi connectivity index (χ0v) is 13.0. The van der Waals surface area contributed by atoms with Crippen molar-refractivity contribution in [3.63, 3.8) is 0 Å². The quantitative estimate of drug-likeness (QED) is 0.879. The summed E-state index contributed by atoms with van der Waals surface area (Å²) in [6.45, 7) is 6.13. The molecule has 1 amide bonds. The molecule has 0 unspecified atom stereocenters. The minimum absolute atomic E-state index is 0. The second-order valence-electron chi connectivity index (χ2n) is 6.28. The standard InChI is InChI=1S/C13H22N4O2.ClH/c1-12(2,3)11(18)15-8-5-9-16-10(17-19-9)13(14)6-4-7-13;/h4-8,14H2,1-3H3,(H,15,18);1H. The van der Waals surface area contributed by atoms with Crippen LogP contribution in [0, 0.1) is 5.41 Å². The topological polar surface area (TPSA) is 94.0 Å². The molecule has 7 heteroatoms. The average molecular weight is 303 g/mol. The van der Waals surface area contributed by atoms with Crippen LogP contribution in [0.4, 0.5) is 0 Å². The molecular weight excluding hydrogens is 280 g/mol. The fraction of sp³-hybridized carbons (Fsp3) is 0.769. The molecule has 1 fully saturated rings. The molecule has 0 aliphatic heterocycles. The summed E-state index contributed by atoms with van der Waals surface area (Å²) in [6, 6.07) is 0. The molecule has 0 radical (unpaired) electrons. The van der Waals surface area contributed by atoms with Crippen molar-refractivity contribution in [2.24, 2.45) is 11.1 Å². The highest BCUT2D eigenvalue weighted by Gasteiger charge is 2.38. The average Bonchev–Trinajstić information content (AvgIpc) is 2.73. The molecule has 1 heterocycles. The maximum Gasteiger partial charge on any atom is 0.228 e. The van der Waals surface area contributed by atoms with Crippen LogP contribution in [-0.2, 0) is 16.8 Å². The SMILES string of the molecule is CC(C)(C)C(=O)NCCc1nc(C2(N)CCC2)no1.Cl. The smallest absolute Gasteiger partial charge is 0.228 e. The van der Waals surface area contributed by atoms with E-state index >= 15 is 0 Å². The molecule has 0 spiro atoms. The van der Waals surface area contributed by atoms with Gasteiger partial charge in [0.25, 0.3) is 0 Å². The molecule has 2 rings (SSSR count). The zero-order chi connectivity index (χ0) is 14.1. The van der Waals surface area contributed by atoms with Gasteiger partial charge < -0.3 is 15.6 Å². The molecule has 1 aromatic heterocycles. The highest BCUT2D eigenvalue weighted by Crippen LogP contribution is 2.36. The monoisotopic (exact) mass is 302 g/mol. The number of amides is 1. The Balaban J connectivity index is 0.00000200. The van der Waals surface area contributed by atoms with E-state index in [2.05, 4.69) is 15.5 Å². The molecule has 1 aliphatic carbocycles. The molecule has 1 aromatic rings. The van der Waals surface area contributed by atoms with Crippen LogP contribution in [0.5, 0.6) is 0 Å². The van der Waals surface area contributed by atoms with Crippen molar-refractivity contribution in [2.75, 3.05) is 6.54 Å². The lowest BCUT2D eigenvalue weighted by atomic mass is 9.77. The van der Waals surface area contributed by atoms with Crippen LogP contribution in [0.3, 0.4) is 0 Å². The van der Waals surface area contributed by atoms with E-state index in [0.717, 1.165) is 19.3 Å². The van der Waals surface area contributed by atoms with Crippen molar-refractivity contribution in [3.05, 3.63) is 11.7 Å². The van der Waals surface area contributed by atoms with Gasteiger partial charge in [0.1, 0.15) is 0 Å². The van der Waals surface area contributed by atoms with Crippen molar-refractivity contribution < 1.29 is 9.32 Å². The fourth-order valence-electron chi connectivity index (χ4n) is 1.89. The van der Waals surface area contributed by atoms with Crippen LogP contribution < -0.4 is 11.1 Å². The predicted octanol–water partition coefficient (Wildman–Crippen LogP) is 1.53. The first-order valence-electron chi connectivity index (χ1n) is 6.71. The molecule has 0 atom stereocenters. The summed E-state index contributed by atoms with van der Waals surface area (Å²) in [5, 5.41) is 6.78. The summed E-state index contributed by atoms with van der Waals surface area (Å²) in [7, 11) is 0. The molecule has 0 aromatic carbocycles. The predicted molar refractivity (Wildman–Crippen MR) is 77.4 cm³/mol. The van der Waals surface area contributed by atoms with Gasteiger partial charge >= 0.3 is 0 Å². The maximum absolute atomic E-state index is 11.7. The third-order valence-corrected chi connectivity index (χ3v) is 3.46. The molecule has 1 aliphatic rings. The molecule has 114 valence electrons. The molecular formula is C13H23ClN4O2. The lowest BCUT2D eigenvalue weighted by molar-refractivity contribution is -0.128. The third-order valence-electron chi connectivity index (χ3n) is 3.46. The summed E-state index contributed by atoms with van der Waals surface area (Å²) in [5.74, 6) is 1.14. The minimum Gasteiger partial charge on any atom is -0.355 e. The van der Waals surface area contributed by atoms with Gasteiger partial charge in [-0.1, -0.05) is 25.9 Å². The molecule has 20 heavy (non-hydrogen) atoms. The van der Waals surface area contributed by atoms with E-state index in [-0.39, 0.29) is 23.7 Å². The molecule has 0 saturated heterocycles. The number of hydrogen-bond donors (Lipinski definition) is 2. The first-order chi connectivity index (χ1) is 8.81. The highest BCUT2D eigenvalue weighted by molar-refractivity contribution is 5.85. The Morgan fingerprint density at radius 1 is 1.45 bits per heavy atom. The molecule has 6 nitrogen and oxygen atoms in total. The van der Waals surface area contributed by atoms with Crippen molar-refractivity contribution >= 4 is 18.3 Å². The number of halogens is 1. The third kappa shape index (κ3) is 3.70. The number of nitrogens with zero attached hydrogens (tertiary/aromatic N) is 2. The van der Waals surface area contributed by atoms with Crippen molar-refractivity contribution in [1.29, 1.82) is 0 Å². The minimum atomic E-state index is -0.392. The van der Waals surface area contributed by atoms with Crippen LogP contribution in [0.2, 0.25) is 0 Å². The van der Waals surface area contributed by atoms with E-state index in [4.69, 9.17) is 10.3 Å². The van der Waals surface area contributed by atoms with Gasteiger partial charge in [0, 0.05) is 18.4 Å². The number of nitrogens with two attached hydrogens (primary N) is 1. The van der Waals surface area contributed by atoms with E-state index in [0.29, 0.717) is 24.7 Å². The van der Waals surface area contributed by atoms with Crippen LogP contribution in [0.25, 0.3) is 0 Å². The number of hydrogen-bond acceptors (Lipinski definition) is 5. The summed E-state index contributed by atoms with van der Waals surface area (Å²) in [4.78, 5) is 16.0. The Labute approximate surface area is 125 Å².